The normalized spacial score (nSPS) is 18.1. The van der Waals surface area contributed by atoms with E-state index in [1.165, 1.54) is 22.8 Å². The second-order valence-corrected chi connectivity index (χ2v) is 11.2. The van der Waals surface area contributed by atoms with Crippen molar-refractivity contribution >= 4 is 50.5 Å². The summed E-state index contributed by atoms with van der Waals surface area (Å²) in [5, 5.41) is 3.79. The Hall–Kier alpha value is -1.80. The Morgan fingerprint density at radius 3 is 2.25 bits per heavy atom. The van der Waals surface area contributed by atoms with E-state index >= 15 is 0 Å². The minimum Gasteiger partial charge on any atom is -0.372 e. The number of carbonyl (C=O) groups excluding carboxylic acids is 1. The molecule has 2 fully saturated rings. The van der Waals surface area contributed by atoms with Crippen LogP contribution >= 0.6 is 23.2 Å². The Bertz CT molecular complexity index is 1060. The van der Waals surface area contributed by atoms with Crippen LogP contribution in [0, 0.1) is 5.92 Å². The highest BCUT2D eigenvalue weighted by Gasteiger charge is 2.31. The number of rotatable bonds is 6. The van der Waals surface area contributed by atoms with Crippen LogP contribution < -0.4 is 10.2 Å². The maximum Gasteiger partial charge on any atom is 0.227 e. The zero-order valence-electron chi connectivity index (χ0n) is 17.8. The standard InChI is InChI=1S/C23H27Cl2N3O3S/c24-19-4-3-18(22(25)15-19)16-32(30,31)28-13-9-17(10-14-28)23(29)26-20-5-7-21(8-6-20)27-11-1-2-12-27/h3-8,15,17H,1-2,9-14,16H2,(H,26,29). The van der Waals surface area contributed by atoms with Gasteiger partial charge in [0.15, 0.2) is 0 Å². The molecule has 0 bridgehead atoms. The van der Waals surface area contributed by atoms with Crippen LogP contribution in [0.1, 0.15) is 31.2 Å². The maximum atomic E-state index is 12.8. The van der Waals surface area contributed by atoms with E-state index in [0.717, 1.165) is 18.8 Å². The van der Waals surface area contributed by atoms with E-state index in [1.807, 2.05) is 24.3 Å². The van der Waals surface area contributed by atoms with Gasteiger partial charge in [0.1, 0.15) is 0 Å². The van der Waals surface area contributed by atoms with Crippen molar-refractivity contribution in [2.24, 2.45) is 5.92 Å². The largest absolute Gasteiger partial charge is 0.372 e. The van der Waals surface area contributed by atoms with Gasteiger partial charge in [-0.25, -0.2) is 12.7 Å². The summed E-state index contributed by atoms with van der Waals surface area (Å²) in [7, 11) is -3.52. The van der Waals surface area contributed by atoms with Gasteiger partial charge in [-0.3, -0.25) is 4.79 Å². The molecular weight excluding hydrogens is 469 g/mol. The molecule has 4 rings (SSSR count). The molecule has 2 aliphatic rings. The van der Waals surface area contributed by atoms with Gasteiger partial charge in [0.05, 0.1) is 5.75 Å². The molecule has 0 aromatic heterocycles. The SMILES string of the molecule is O=C(Nc1ccc(N2CCCC2)cc1)C1CCN(S(=O)(=O)Cc2ccc(Cl)cc2Cl)CC1. The summed E-state index contributed by atoms with van der Waals surface area (Å²) < 4.78 is 27.1. The molecule has 2 saturated heterocycles. The molecule has 0 saturated carbocycles. The first-order chi connectivity index (χ1) is 15.3. The highest BCUT2D eigenvalue weighted by atomic mass is 35.5. The lowest BCUT2D eigenvalue weighted by atomic mass is 9.97. The molecule has 6 nitrogen and oxygen atoms in total. The van der Waals surface area contributed by atoms with Gasteiger partial charge in [-0.05, 0) is 67.6 Å². The van der Waals surface area contributed by atoms with Gasteiger partial charge in [0.2, 0.25) is 15.9 Å². The molecule has 1 N–H and O–H groups in total. The number of benzene rings is 2. The summed E-state index contributed by atoms with van der Waals surface area (Å²) in [6.45, 7) is 2.80. The van der Waals surface area contributed by atoms with Crippen molar-refractivity contribution in [3.63, 3.8) is 0 Å². The van der Waals surface area contributed by atoms with Crippen LogP contribution in [-0.2, 0) is 20.6 Å². The molecule has 1 amide bonds. The van der Waals surface area contributed by atoms with Gasteiger partial charge in [0.25, 0.3) is 0 Å². The molecule has 2 aromatic carbocycles. The smallest absolute Gasteiger partial charge is 0.227 e. The van der Waals surface area contributed by atoms with Crippen LogP contribution in [0.15, 0.2) is 42.5 Å². The van der Waals surface area contributed by atoms with Gasteiger partial charge in [-0.15, -0.1) is 0 Å². The first-order valence-electron chi connectivity index (χ1n) is 10.9. The van der Waals surface area contributed by atoms with E-state index in [1.54, 1.807) is 18.2 Å². The topological polar surface area (TPSA) is 69.7 Å². The number of piperidine rings is 1. The van der Waals surface area contributed by atoms with Crippen LogP contribution in [0.5, 0.6) is 0 Å². The van der Waals surface area contributed by atoms with Crippen LogP contribution in [0.4, 0.5) is 11.4 Å². The molecule has 2 heterocycles. The fourth-order valence-electron chi connectivity index (χ4n) is 4.30. The molecule has 9 heteroatoms. The molecule has 2 aliphatic heterocycles. The monoisotopic (exact) mass is 495 g/mol. The minimum absolute atomic E-state index is 0.0586. The minimum atomic E-state index is -3.52. The summed E-state index contributed by atoms with van der Waals surface area (Å²) in [4.78, 5) is 15.1. The highest BCUT2D eigenvalue weighted by molar-refractivity contribution is 7.88. The Kier molecular flexibility index (Phi) is 7.30. The lowest BCUT2D eigenvalue weighted by molar-refractivity contribution is -0.120. The molecule has 172 valence electrons. The predicted molar refractivity (Wildman–Crippen MR) is 130 cm³/mol. The molecular formula is C23H27Cl2N3O3S. The van der Waals surface area contributed by atoms with Gasteiger partial charge in [0, 0.05) is 53.5 Å². The number of carbonyl (C=O) groups is 1. The maximum absolute atomic E-state index is 12.8. The van der Waals surface area contributed by atoms with Crippen LogP contribution in [-0.4, -0.2) is 44.8 Å². The summed E-state index contributed by atoms with van der Waals surface area (Å²) in [5.74, 6) is -0.445. The number of hydrogen-bond acceptors (Lipinski definition) is 4. The van der Waals surface area contributed by atoms with Gasteiger partial charge in [-0.1, -0.05) is 29.3 Å². The third-order valence-corrected chi connectivity index (χ3v) is 8.59. The van der Waals surface area contributed by atoms with Crippen molar-refractivity contribution in [2.75, 3.05) is 36.4 Å². The lowest BCUT2D eigenvalue weighted by Crippen LogP contribution is -2.41. The number of halogens is 2. The van der Waals surface area contributed by atoms with Crippen LogP contribution in [0.3, 0.4) is 0 Å². The molecule has 0 unspecified atom stereocenters. The van der Waals surface area contributed by atoms with Crippen molar-refractivity contribution in [1.82, 2.24) is 4.31 Å². The summed E-state index contributed by atoms with van der Waals surface area (Å²) in [5.41, 5.74) is 2.47. The highest BCUT2D eigenvalue weighted by Crippen LogP contribution is 2.27. The Labute approximate surface area is 199 Å². The third kappa shape index (κ3) is 5.57. The average Bonchev–Trinajstić information content (AvgIpc) is 3.31. The van der Waals surface area contributed by atoms with Crippen molar-refractivity contribution < 1.29 is 13.2 Å². The van der Waals surface area contributed by atoms with E-state index in [9.17, 15) is 13.2 Å². The predicted octanol–water partition coefficient (Wildman–Crippen LogP) is 4.77. The second kappa shape index (κ2) is 10.00. The Morgan fingerprint density at radius 1 is 0.969 bits per heavy atom. The molecule has 2 aromatic rings. The van der Waals surface area contributed by atoms with E-state index in [0.29, 0.717) is 41.5 Å². The molecule has 0 spiro atoms. The number of nitrogens with one attached hydrogen (secondary N) is 1. The first-order valence-corrected chi connectivity index (χ1v) is 13.3. The number of hydrogen-bond donors (Lipinski definition) is 1. The zero-order valence-corrected chi connectivity index (χ0v) is 20.1. The molecule has 0 radical (unpaired) electrons. The van der Waals surface area contributed by atoms with Gasteiger partial charge < -0.3 is 10.2 Å². The van der Waals surface area contributed by atoms with E-state index in [2.05, 4.69) is 10.2 Å². The number of nitrogens with zero attached hydrogens (tertiary/aromatic N) is 2. The van der Waals surface area contributed by atoms with E-state index < -0.39 is 10.0 Å². The molecule has 32 heavy (non-hydrogen) atoms. The summed E-state index contributed by atoms with van der Waals surface area (Å²) in [6.07, 6.45) is 3.43. The quantitative estimate of drug-likeness (QED) is 0.626. The number of amides is 1. The van der Waals surface area contributed by atoms with Crippen LogP contribution in [0.25, 0.3) is 0 Å². The second-order valence-electron chi connectivity index (χ2n) is 8.40. The first kappa shape index (κ1) is 23.4. The summed E-state index contributed by atoms with van der Waals surface area (Å²) >= 11 is 12.0. The van der Waals surface area contributed by atoms with E-state index in [-0.39, 0.29) is 17.6 Å². The zero-order chi connectivity index (χ0) is 22.7. The van der Waals surface area contributed by atoms with Gasteiger partial charge >= 0.3 is 0 Å². The average molecular weight is 496 g/mol. The molecule has 0 aliphatic carbocycles. The number of sulfonamides is 1. The van der Waals surface area contributed by atoms with Crippen molar-refractivity contribution in [1.29, 1.82) is 0 Å². The van der Waals surface area contributed by atoms with Crippen molar-refractivity contribution in [3.05, 3.63) is 58.1 Å². The lowest BCUT2D eigenvalue weighted by Gasteiger charge is -2.30. The Balaban J connectivity index is 1.30. The third-order valence-electron chi connectivity index (χ3n) is 6.18. The Morgan fingerprint density at radius 2 is 1.62 bits per heavy atom. The van der Waals surface area contributed by atoms with Gasteiger partial charge in [-0.2, -0.15) is 0 Å². The van der Waals surface area contributed by atoms with Crippen molar-refractivity contribution in [2.45, 2.75) is 31.4 Å². The van der Waals surface area contributed by atoms with Crippen molar-refractivity contribution in [3.8, 4) is 0 Å². The summed E-state index contributed by atoms with van der Waals surface area (Å²) in [6, 6.07) is 12.8. The van der Waals surface area contributed by atoms with E-state index in [4.69, 9.17) is 23.2 Å². The fraction of sp³-hybridized carbons (Fsp3) is 0.435. The van der Waals surface area contributed by atoms with Crippen LogP contribution in [0.2, 0.25) is 10.0 Å². The fourth-order valence-corrected chi connectivity index (χ4v) is 6.45. The number of anilines is 2. The molecule has 0 atom stereocenters.